The molecule has 1 aliphatic rings. The van der Waals surface area contributed by atoms with E-state index < -0.39 is 5.91 Å². The number of amides is 2. The zero-order valence-electron chi connectivity index (χ0n) is 17.2. The van der Waals surface area contributed by atoms with Crippen molar-refractivity contribution < 1.29 is 14.3 Å². The van der Waals surface area contributed by atoms with Gasteiger partial charge in [-0.15, -0.1) is 0 Å². The fourth-order valence-corrected chi connectivity index (χ4v) is 3.95. The van der Waals surface area contributed by atoms with Crippen molar-refractivity contribution >= 4 is 29.2 Å². The van der Waals surface area contributed by atoms with Crippen LogP contribution in [0.4, 0.5) is 5.82 Å². The van der Waals surface area contributed by atoms with Gasteiger partial charge in [-0.3, -0.25) is 9.59 Å². The van der Waals surface area contributed by atoms with Gasteiger partial charge in [-0.2, -0.15) is 5.10 Å². The summed E-state index contributed by atoms with van der Waals surface area (Å²) in [6.45, 7) is 4.51. The molecule has 1 fully saturated rings. The Morgan fingerprint density at radius 2 is 1.91 bits per heavy atom. The van der Waals surface area contributed by atoms with E-state index in [1.54, 1.807) is 46.0 Å². The molecule has 1 atom stereocenters. The molecule has 2 amide bonds. The maximum absolute atomic E-state index is 12.2. The normalized spacial score (nSPS) is 15.5. The van der Waals surface area contributed by atoms with Crippen LogP contribution in [0.15, 0.2) is 61.2 Å². The predicted molar refractivity (Wildman–Crippen MR) is 123 cm³/mol. The molecule has 8 nitrogen and oxygen atoms in total. The van der Waals surface area contributed by atoms with Crippen LogP contribution in [-0.2, 0) is 4.79 Å². The quantitative estimate of drug-likeness (QED) is 0.555. The number of nitrogens with zero attached hydrogens (tertiary/aromatic N) is 3. The SMILES string of the molecule is C=CC(=O)N1CC[C@@H](n2nc(-c3ccc(Oc4ccccc4Cl)cc3)c(C(N)=O)c2N)C1. The van der Waals surface area contributed by atoms with Crippen LogP contribution in [0.2, 0.25) is 5.02 Å². The second-order valence-electron chi connectivity index (χ2n) is 7.41. The summed E-state index contributed by atoms with van der Waals surface area (Å²) in [6.07, 6.45) is 1.94. The second kappa shape index (κ2) is 8.76. The third-order valence-corrected chi connectivity index (χ3v) is 5.69. The second-order valence-corrected chi connectivity index (χ2v) is 7.81. The number of nitrogen functional groups attached to an aromatic ring is 1. The third-order valence-electron chi connectivity index (χ3n) is 5.38. The molecule has 2 heterocycles. The molecule has 0 unspecified atom stereocenters. The monoisotopic (exact) mass is 451 g/mol. The number of anilines is 1. The minimum Gasteiger partial charge on any atom is -0.456 e. The number of carbonyl (C=O) groups excluding carboxylic acids is 2. The van der Waals surface area contributed by atoms with E-state index in [9.17, 15) is 9.59 Å². The minimum absolute atomic E-state index is 0.150. The number of likely N-dealkylation sites (tertiary alicyclic amines) is 1. The van der Waals surface area contributed by atoms with E-state index in [4.69, 9.17) is 27.8 Å². The van der Waals surface area contributed by atoms with Crippen molar-refractivity contribution in [2.75, 3.05) is 18.8 Å². The number of para-hydroxylation sites is 1. The number of primary amides is 1. The fraction of sp³-hybridized carbons (Fsp3) is 0.174. The van der Waals surface area contributed by atoms with Crippen molar-refractivity contribution in [3.05, 3.63) is 71.8 Å². The van der Waals surface area contributed by atoms with Gasteiger partial charge >= 0.3 is 0 Å². The van der Waals surface area contributed by atoms with E-state index in [0.29, 0.717) is 47.3 Å². The largest absolute Gasteiger partial charge is 0.456 e. The van der Waals surface area contributed by atoms with Gasteiger partial charge in [0.2, 0.25) is 5.91 Å². The summed E-state index contributed by atoms with van der Waals surface area (Å²) in [7, 11) is 0. The van der Waals surface area contributed by atoms with Gasteiger partial charge in [0.15, 0.2) is 0 Å². The number of aromatic nitrogens is 2. The van der Waals surface area contributed by atoms with Gasteiger partial charge in [0, 0.05) is 18.7 Å². The summed E-state index contributed by atoms with van der Waals surface area (Å²) in [4.78, 5) is 25.8. The highest BCUT2D eigenvalue weighted by Gasteiger charge is 2.31. The number of nitrogens with two attached hydrogens (primary N) is 2. The molecule has 4 rings (SSSR count). The average molecular weight is 452 g/mol. The smallest absolute Gasteiger partial charge is 0.254 e. The zero-order valence-corrected chi connectivity index (χ0v) is 18.0. The average Bonchev–Trinajstić information content (AvgIpc) is 3.40. The summed E-state index contributed by atoms with van der Waals surface area (Å²) < 4.78 is 7.40. The molecule has 3 aromatic rings. The van der Waals surface area contributed by atoms with Crippen molar-refractivity contribution in [2.45, 2.75) is 12.5 Å². The molecule has 0 aliphatic carbocycles. The topological polar surface area (TPSA) is 116 Å². The summed E-state index contributed by atoms with van der Waals surface area (Å²) in [6, 6.07) is 14.0. The molecule has 0 radical (unpaired) electrons. The number of halogens is 1. The van der Waals surface area contributed by atoms with Gasteiger partial charge in [0.1, 0.15) is 28.6 Å². The Morgan fingerprint density at radius 1 is 1.19 bits per heavy atom. The number of ether oxygens (including phenoxy) is 1. The Kier molecular flexibility index (Phi) is 5.87. The number of hydrogen-bond donors (Lipinski definition) is 2. The first-order valence-corrected chi connectivity index (χ1v) is 10.4. The van der Waals surface area contributed by atoms with Crippen LogP contribution < -0.4 is 16.2 Å². The third kappa shape index (κ3) is 4.04. The molecule has 164 valence electrons. The number of benzene rings is 2. The van der Waals surface area contributed by atoms with Gasteiger partial charge in [-0.1, -0.05) is 30.3 Å². The number of carbonyl (C=O) groups is 2. The molecule has 2 aromatic carbocycles. The van der Waals surface area contributed by atoms with E-state index >= 15 is 0 Å². The summed E-state index contributed by atoms with van der Waals surface area (Å²) in [5.74, 6) is 0.471. The standard InChI is InChI=1S/C23H22ClN5O3/c1-2-19(30)28-12-11-15(13-28)29-22(25)20(23(26)31)21(27-29)14-7-9-16(10-8-14)32-18-6-4-3-5-17(18)24/h2-10,15H,1,11-13,25H2,(H2,26,31)/t15-/m1/s1. The highest BCUT2D eigenvalue weighted by molar-refractivity contribution is 6.32. The van der Waals surface area contributed by atoms with Gasteiger partial charge in [-0.25, -0.2) is 4.68 Å². The van der Waals surface area contributed by atoms with Crippen LogP contribution in [0.1, 0.15) is 22.8 Å². The van der Waals surface area contributed by atoms with E-state index in [2.05, 4.69) is 11.7 Å². The molecule has 9 heteroatoms. The first-order valence-electron chi connectivity index (χ1n) is 10.0. The van der Waals surface area contributed by atoms with Gasteiger partial charge in [-0.05, 0) is 48.9 Å². The molecule has 0 bridgehead atoms. The minimum atomic E-state index is -0.669. The van der Waals surface area contributed by atoms with Crippen LogP contribution in [-0.4, -0.2) is 39.6 Å². The maximum Gasteiger partial charge on any atom is 0.254 e. The number of rotatable bonds is 6. The first kappa shape index (κ1) is 21.5. The Hall–Kier alpha value is -3.78. The van der Waals surface area contributed by atoms with E-state index in [-0.39, 0.29) is 23.3 Å². The maximum atomic E-state index is 12.2. The van der Waals surface area contributed by atoms with Crippen LogP contribution >= 0.6 is 11.6 Å². The van der Waals surface area contributed by atoms with Crippen molar-refractivity contribution in [3.8, 4) is 22.8 Å². The van der Waals surface area contributed by atoms with Crippen molar-refractivity contribution in [1.29, 1.82) is 0 Å². The van der Waals surface area contributed by atoms with Gasteiger partial charge in [0.05, 0.1) is 11.1 Å². The molecule has 32 heavy (non-hydrogen) atoms. The lowest BCUT2D eigenvalue weighted by Crippen LogP contribution is -2.27. The van der Waals surface area contributed by atoms with Crippen molar-refractivity contribution in [1.82, 2.24) is 14.7 Å². The van der Waals surface area contributed by atoms with Crippen LogP contribution in [0.3, 0.4) is 0 Å². The molecule has 1 aromatic heterocycles. The lowest BCUT2D eigenvalue weighted by atomic mass is 10.1. The Bertz CT molecular complexity index is 1190. The zero-order chi connectivity index (χ0) is 22.8. The summed E-state index contributed by atoms with van der Waals surface area (Å²) in [5.41, 5.74) is 13.1. The van der Waals surface area contributed by atoms with Crippen LogP contribution in [0.5, 0.6) is 11.5 Å². The Balaban J connectivity index is 1.63. The van der Waals surface area contributed by atoms with Gasteiger partial charge in [0.25, 0.3) is 5.91 Å². The van der Waals surface area contributed by atoms with E-state index in [1.165, 1.54) is 6.08 Å². The van der Waals surface area contributed by atoms with Crippen molar-refractivity contribution in [3.63, 3.8) is 0 Å². The van der Waals surface area contributed by atoms with Gasteiger partial charge < -0.3 is 21.1 Å². The lowest BCUT2D eigenvalue weighted by molar-refractivity contribution is -0.125. The molecule has 4 N–H and O–H groups in total. The molecular weight excluding hydrogens is 430 g/mol. The Morgan fingerprint density at radius 3 is 2.56 bits per heavy atom. The summed E-state index contributed by atoms with van der Waals surface area (Å²) >= 11 is 6.15. The highest BCUT2D eigenvalue weighted by Crippen LogP contribution is 2.34. The molecule has 0 spiro atoms. The molecule has 1 aliphatic heterocycles. The molecule has 1 saturated heterocycles. The fourth-order valence-electron chi connectivity index (χ4n) is 3.78. The van der Waals surface area contributed by atoms with E-state index in [1.807, 2.05) is 12.1 Å². The summed E-state index contributed by atoms with van der Waals surface area (Å²) in [5, 5.41) is 5.10. The molecule has 0 saturated carbocycles. The van der Waals surface area contributed by atoms with E-state index in [0.717, 1.165) is 0 Å². The van der Waals surface area contributed by atoms with Crippen LogP contribution in [0.25, 0.3) is 11.3 Å². The highest BCUT2D eigenvalue weighted by atomic mass is 35.5. The van der Waals surface area contributed by atoms with Crippen molar-refractivity contribution in [2.24, 2.45) is 5.73 Å². The molecular formula is C23H22ClN5O3. The number of hydrogen-bond acceptors (Lipinski definition) is 5. The van der Waals surface area contributed by atoms with Crippen LogP contribution in [0, 0.1) is 0 Å². The lowest BCUT2D eigenvalue weighted by Gasteiger charge is -2.15. The first-order chi connectivity index (χ1) is 15.4. The Labute approximate surface area is 190 Å². The predicted octanol–water partition coefficient (Wildman–Crippen LogP) is 3.64.